The summed E-state index contributed by atoms with van der Waals surface area (Å²) in [5.41, 5.74) is 2.81. The highest BCUT2D eigenvalue weighted by molar-refractivity contribution is 6.30. The Bertz CT molecular complexity index is 895. The van der Waals surface area contributed by atoms with Crippen molar-refractivity contribution in [2.75, 3.05) is 11.9 Å². The molecule has 1 aliphatic rings. The first-order valence-corrected chi connectivity index (χ1v) is 8.90. The summed E-state index contributed by atoms with van der Waals surface area (Å²) >= 11 is 5.88. The van der Waals surface area contributed by atoms with Gasteiger partial charge in [-0.15, -0.1) is 0 Å². The van der Waals surface area contributed by atoms with E-state index in [-0.39, 0.29) is 18.2 Å². The van der Waals surface area contributed by atoms with Crippen molar-refractivity contribution in [3.8, 4) is 0 Å². The van der Waals surface area contributed by atoms with E-state index in [0.717, 1.165) is 11.3 Å². The summed E-state index contributed by atoms with van der Waals surface area (Å²) < 4.78 is 0. The summed E-state index contributed by atoms with van der Waals surface area (Å²) in [6.07, 6.45) is 0.742. The van der Waals surface area contributed by atoms with Crippen molar-refractivity contribution in [3.63, 3.8) is 0 Å². The lowest BCUT2D eigenvalue weighted by Crippen LogP contribution is -2.32. The molecule has 0 fully saturated rings. The molecule has 0 radical (unpaired) electrons. The highest BCUT2D eigenvalue weighted by Gasteiger charge is 2.23. The van der Waals surface area contributed by atoms with Crippen LogP contribution in [0.5, 0.6) is 0 Å². The van der Waals surface area contributed by atoms with Gasteiger partial charge in [-0.25, -0.2) is 0 Å². The molecular formula is C20H19ClN2O4. The zero-order valence-corrected chi connectivity index (χ0v) is 15.5. The summed E-state index contributed by atoms with van der Waals surface area (Å²) in [6.45, 7) is 0. The monoisotopic (exact) mass is 386 g/mol. The number of amides is 2. The summed E-state index contributed by atoms with van der Waals surface area (Å²) in [4.78, 5) is 37.3. The van der Waals surface area contributed by atoms with Gasteiger partial charge in [0.1, 0.15) is 0 Å². The van der Waals surface area contributed by atoms with E-state index < -0.39 is 12.0 Å². The van der Waals surface area contributed by atoms with Gasteiger partial charge < -0.3 is 15.3 Å². The number of nitrogens with zero attached hydrogens (tertiary/aromatic N) is 1. The van der Waals surface area contributed by atoms with Crippen LogP contribution in [0.4, 0.5) is 5.69 Å². The Morgan fingerprint density at radius 2 is 1.89 bits per heavy atom. The van der Waals surface area contributed by atoms with E-state index in [9.17, 15) is 19.5 Å². The second-order valence-corrected chi connectivity index (χ2v) is 6.91. The van der Waals surface area contributed by atoms with Crippen molar-refractivity contribution in [2.45, 2.75) is 25.3 Å². The second-order valence-electron chi connectivity index (χ2n) is 6.47. The molecule has 2 aromatic rings. The number of aliphatic carboxylic acids is 1. The highest BCUT2D eigenvalue weighted by atomic mass is 35.5. The molecule has 0 saturated heterocycles. The third-order valence-electron chi connectivity index (χ3n) is 4.64. The SMILES string of the molecule is CN1C(=O)CCc2cc(C(=O)N[C@@H](CC(=O)O)c3ccc(Cl)cc3)ccc21. The van der Waals surface area contributed by atoms with E-state index in [1.54, 1.807) is 54.4 Å². The largest absolute Gasteiger partial charge is 0.481 e. The number of carbonyl (C=O) groups is 3. The quantitative estimate of drug-likeness (QED) is 0.826. The fourth-order valence-corrected chi connectivity index (χ4v) is 3.29. The lowest BCUT2D eigenvalue weighted by atomic mass is 9.98. The van der Waals surface area contributed by atoms with Crippen LogP contribution < -0.4 is 10.2 Å². The van der Waals surface area contributed by atoms with E-state index in [4.69, 9.17) is 11.6 Å². The minimum absolute atomic E-state index is 0.0453. The highest BCUT2D eigenvalue weighted by Crippen LogP contribution is 2.28. The number of hydrogen-bond donors (Lipinski definition) is 2. The van der Waals surface area contributed by atoms with Gasteiger partial charge in [-0.05, 0) is 47.9 Å². The number of nitrogens with one attached hydrogen (secondary N) is 1. The van der Waals surface area contributed by atoms with Crippen LogP contribution in [0.15, 0.2) is 42.5 Å². The number of anilines is 1. The molecule has 0 saturated carbocycles. The average molecular weight is 387 g/mol. The van der Waals surface area contributed by atoms with E-state index in [1.807, 2.05) is 0 Å². The predicted molar refractivity (Wildman–Crippen MR) is 102 cm³/mol. The Labute approximate surface area is 161 Å². The molecule has 0 bridgehead atoms. The molecule has 3 rings (SSSR count). The van der Waals surface area contributed by atoms with Gasteiger partial charge in [-0.1, -0.05) is 23.7 Å². The first-order valence-electron chi connectivity index (χ1n) is 8.53. The summed E-state index contributed by atoms with van der Waals surface area (Å²) in [5.74, 6) is -1.33. The molecule has 2 N–H and O–H groups in total. The maximum absolute atomic E-state index is 12.7. The van der Waals surface area contributed by atoms with Crippen LogP contribution in [0, 0.1) is 0 Å². The van der Waals surface area contributed by atoms with Crippen molar-refractivity contribution in [2.24, 2.45) is 0 Å². The molecule has 6 nitrogen and oxygen atoms in total. The van der Waals surface area contributed by atoms with Gasteiger partial charge >= 0.3 is 5.97 Å². The summed E-state index contributed by atoms with van der Waals surface area (Å²) in [7, 11) is 1.71. The average Bonchev–Trinajstić information content (AvgIpc) is 2.64. The van der Waals surface area contributed by atoms with Crippen LogP contribution in [-0.2, 0) is 16.0 Å². The number of carboxylic acid groups (broad SMARTS) is 1. The lowest BCUT2D eigenvalue weighted by Gasteiger charge is -2.26. The molecule has 0 aromatic heterocycles. The van der Waals surface area contributed by atoms with Gasteiger partial charge in [0.2, 0.25) is 5.91 Å². The molecule has 1 heterocycles. The zero-order valence-electron chi connectivity index (χ0n) is 14.7. The van der Waals surface area contributed by atoms with Crippen LogP contribution in [0.1, 0.15) is 40.4 Å². The molecule has 1 atom stereocenters. The zero-order chi connectivity index (χ0) is 19.6. The Balaban J connectivity index is 1.82. The maximum Gasteiger partial charge on any atom is 0.305 e. The van der Waals surface area contributed by atoms with Crippen LogP contribution in [0.2, 0.25) is 5.02 Å². The predicted octanol–water partition coefficient (Wildman–Crippen LogP) is 3.19. The Morgan fingerprint density at radius 3 is 2.56 bits per heavy atom. The Kier molecular flexibility index (Phi) is 5.46. The molecule has 0 unspecified atom stereocenters. The van der Waals surface area contributed by atoms with Gasteiger partial charge in [0.05, 0.1) is 12.5 Å². The van der Waals surface area contributed by atoms with Crippen LogP contribution >= 0.6 is 11.6 Å². The lowest BCUT2D eigenvalue weighted by molar-refractivity contribution is -0.137. The van der Waals surface area contributed by atoms with Crippen molar-refractivity contribution >= 4 is 35.1 Å². The number of hydrogen-bond acceptors (Lipinski definition) is 3. The molecule has 27 heavy (non-hydrogen) atoms. The molecule has 140 valence electrons. The minimum atomic E-state index is -1.01. The van der Waals surface area contributed by atoms with Gasteiger partial charge in [-0.3, -0.25) is 14.4 Å². The molecule has 0 aliphatic carbocycles. The van der Waals surface area contributed by atoms with Crippen LogP contribution in [0.3, 0.4) is 0 Å². The van der Waals surface area contributed by atoms with Crippen molar-refractivity contribution < 1.29 is 19.5 Å². The number of aryl methyl sites for hydroxylation is 1. The number of fused-ring (bicyclic) bond motifs is 1. The van der Waals surface area contributed by atoms with E-state index in [1.165, 1.54) is 0 Å². The molecular weight excluding hydrogens is 368 g/mol. The molecule has 2 amide bonds. The molecule has 1 aliphatic heterocycles. The smallest absolute Gasteiger partial charge is 0.305 e. The van der Waals surface area contributed by atoms with Gasteiger partial charge in [-0.2, -0.15) is 0 Å². The van der Waals surface area contributed by atoms with Crippen molar-refractivity contribution in [1.82, 2.24) is 5.32 Å². The summed E-state index contributed by atoms with van der Waals surface area (Å²) in [6, 6.07) is 11.2. The van der Waals surface area contributed by atoms with E-state index in [2.05, 4.69) is 5.32 Å². The third kappa shape index (κ3) is 4.28. The molecule has 7 heteroatoms. The number of rotatable bonds is 5. The number of carbonyl (C=O) groups excluding carboxylic acids is 2. The Hall–Kier alpha value is -2.86. The maximum atomic E-state index is 12.7. The summed E-state index contributed by atoms with van der Waals surface area (Å²) in [5, 5.41) is 12.5. The van der Waals surface area contributed by atoms with Gasteiger partial charge in [0.15, 0.2) is 0 Å². The van der Waals surface area contributed by atoms with Gasteiger partial charge in [0, 0.05) is 29.7 Å². The normalized spacial score (nSPS) is 14.4. The second kappa shape index (κ2) is 7.80. The van der Waals surface area contributed by atoms with E-state index >= 15 is 0 Å². The molecule has 0 spiro atoms. The fourth-order valence-electron chi connectivity index (χ4n) is 3.16. The minimum Gasteiger partial charge on any atom is -0.481 e. The van der Waals surface area contributed by atoms with Crippen molar-refractivity contribution in [1.29, 1.82) is 0 Å². The van der Waals surface area contributed by atoms with E-state index in [0.29, 0.717) is 29.0 Å². The topological polar surface area (TPSA) is 86.7 Å². The first-order chi connectivity index (χ1) is 12.8. The number of carboxylic acids is 1. The van der Waals surface area contributed by atoms with Gasteiger partial charge in [0.25, 0.3) is 5.91 Å². The number of halogens is 1. The van der Waals surface area contributed by atoms with Crippen LogP contribution in [-0.4, -0.2) is 29.9 Å². The first kappa shape index (κ1) is 18.9. The third-order valence-corrected chi connectivity index (χ3v) is 4.89. The number of benzene rings is 2. The fraction of sp³-hybridized carbons (Fsp3) is 0.250. The van der Waals surface area contributed by atoms with Crippen LogP contribution in [0.25, 0.3) is 0 Å². The molecule has 2 aromatic carbocycles. The Morgan fingerprint density at radius 1 is 1.19 bits per heavy atom. The standard InChI is InChI=1S/C20H19ClN2O4/c1-23-17-8-4-14(10-13(17)5-9-18(23)24)20(27)22-16(11-19(25)26)12-2-6-15(21)7-3-12/h2-4,6-8,10,16H,5,9,11H2,1H3,(H,22,27)(H,25,26)/t16-/m0/s1. The van der Waals surface area contributed by atoms with Crippen molar-refractivity contribution in [3.05, 3.63) is 64.2 Å².